The molecule has 2 aromatic rings. The summed E-state index contributed by atoms with van der Waals surface area (Å²) in [6.07, 6.45) is -4.47. The normalized spacial score (nSPS) is 11.5. The van der Waals surface area contributed by atoms with Gasteiger partial charge in [-0.15, -0.1) is 0 Å². The Hall–Kier alpha value is -1.60. The Labute approximate surface area is 126 Å². The van der Waals surface area contributed by atoms with Crippen molar-refractivity contribution in [2.75, 3.05) is 0 Å². The van der Waals surface area contributed by atoms with Gasteiger partial charge in [-0.2, -0.15) is 13.2 Å². The van der Waals surface area contributed by atoms with E-state index in [1.807, 2.05) is 0 Å². The molecule has 2 nitrogen and oxygen atoms in total. The van der Waals surface area contributed by atoms with Gasteiger partial charge in [0.05, 0.1) is 10.0 Å². The van der Waals surface area contributed by atoms with Crippen LogP contribution in [0.2, 0.25) is 0 Å². The first kappa shape index (κ1) is 15.8. The van der Waals surface area contributed by atoms with Crippen LogP contribution in [0.15, 0.2) is 40.9 Å². The molecular weight excluding hydrogens is 354 g/mol. The Morgan fingerprint density at radius 3 is 2.38 bits per heavy atom. The van der Waals surface area contributed by atoms with E-state index in [4.69, 9.17) is 10.5 Å². The van der Waals surface area contributed by atoms with Crippen LogP contribution in [0.25, 0.3) is 0 Å². The number of halogens is 5. The average molecular weight is 364 g/mol. The topological polar surface area (TPSA) is 35.2 Å². The summed E-state index contributed by atoms with van der Waals surface area (Å²) < 4.78 is 57.0. The Bertz CT molecular complexity index is 658. The number of hydrogen-bond donors (Lipinski definition) is 1. The number of benzene rings is 2. The minimum atomic E-state index is -4.47. The minimum absolute atomic E-state index is 0.0711. The van der Waals surface area contributed by atoms with Crippen molar-refractivity contribution in [2.24, 2.45) is 5.73 Å². The molecule has 2 rings (SSSR count). The summed E-state index contributed by atoms with van der Waals surface area (Å²) in [5.74, 6) is 0.0270. The molecule has 0 aliphatic carbocycles. The van der Waals surface area contributed by atoms with Crippen molar-refractivity contribution in [1.82, 2.24) is 0 Å². The van der Waals surface area contributed by atoms with Crippen LogP contribution >= 0.6 is 15.9 Å². The quantitative estimate of drug-likeness (QED) is 0.790. The summed E-state index contributed by atoms with van der Waals surface area (Å²) in [7, 11) is 0. The monoisotopic (exact) mass is 363 g/mol. The first-order chi connectivity index (χ1) is 9.81. The molecule has 7 heteroatoms. The van der Waals surface area contributed by atoms with Crippen LogP contribution in [0.4, 0.5) is 17.6 Å². The van der Waals surface area contributed by atoms with E-state index in [-0.39, 0.29) is 17.9 Å². The smallest absolute Gasteiger partial charge is 0.416 e. The van der Waals surface area contributed by atoms with Crippen LogP contribution in [-0.2, 0) is 12.7 Å². The molecule has 0 atom stereocenters. The standard InChI is InChI=1S/C14H10BrF4NO/c15-12-6-9(16)1-4-13(12)21-10-2-3-11(14(17,18)19)8(5-10)7-20/h1-6H,7,20H2. The Morgan fingerprint density at radius 1 is 1.10 bits per heavy atom. The summed E-state index contributed by atoms with van der Waals surface area (Å²) in [4.78, 5) is 0. The van der Waals surface area contributed by atoms with Crippen molar-refractivity contribution in [3.8, 4) is 11.5 Å². The molecule has 21 heavy (non-hydrogen) atoms. The SMILES string of the molecule is NCc1cc(Oc2ccc(F)cc2Br)ccc1C(F)(F)F. The molecule has 2 aromatic carbocycles. The van der Waals surface area contributed by atoms with Gasteiger partial charge < -0.3 is 10.5 Å². The van der Waals surface area contributed by atoms with Gasteiger partial charge in [-0.1, -0.05) is 0 Å². The highest BCUT2D eigenvalue weighted by Crippen LogP contribution is 2.36. The molecule has 112 valence electrons. The Morgan fingerprint density at radius 2 is 1.81 bits per heavy atom. The predicted molar refractivity (Wildman–Crippen MR) is 73.5 cm³/mol. The highest BCUT2D eigenvalue weighted by atomic mass is 79.9. The maximum atomic E-state index is 13.0. The van der Waals surface area contributed by atoms with Crippen molar-refractivity contribution in [2.45, 2.75) is 12.7 Å². The van der Waals surface area contributed by atoms with Crippen LogP contribution in [0.3, 0.4) is 0 Å². The van der Waals surface area contributed by atoms with E-state index in [0.29, 0.717) is 10.2 Å². The lowest BCUT2D eigenvalue weighted by molar-refractivity contribution is -0.138. The maximum absolute atomic E-state index is 13.0. The second-order valence-corrected chi connectivity index (χ2v) is 5.05. The zero-order valence-corrected chi connectivity index (χ0v) is 12.1. The predicted octanol–water partition coefficient (Wildman–Crippen LogP) is 4.86. The van der Waals surface area contributed by atoms with Crippen molar-refractivity contribution in [1.29, 1.82) is 0 Å². The minimum Gasteiger partial charge on any atom is -0.456 e. The third kappa shape index (κ3) is 3.74. The van der Waals surface area contributed by atoms with E-state index < -0.39 is 17.6 Å². The third-order valence-electron chi connectivity index (χ3n) is 2.72. The molecule has 0 amide bonds. The zero-order chi connectivity index (χ0) is 15.6. The summed E-state index contributed by atoms with van der Waals surface area (Å²) in [6.45, 7) is -0.267. The van der Waals surface area contributed by atoms with E-state index in [9.17, 15) is 17.6 Å². The molecule has 0 saturated heterocycles. The van der Waals surface area contributed by atoms with E-state index in [2.05, 4.69) is 15.9 Å². The lowest BCUT2D eigenvalue weighted by Gasteiger charge is -2.14. The number of nitrogens with two attached hydrogens (primary N) is 1. The molecular formula is C14H10BrF4NO. The molecule has 0 fully saturated rings. The fraction of sp³-hybridized carbons (Fsp3) is 0.143. The lowest BCUT2D eigenvalue weighted by atomic mass is 10.1. The van der Waals surface area contributed by atoms with Crippen molar-refractivity contribution in [3.05, 3.63) is 57.8 Å². The average Bonchev–Trinajstić information content (AvgIpc) is 2.40. The number of ether oxygens (including phenoxy) is 1. The first-order valence-corrected chi connectivity index (χ1v) is 6.63. The highest BCUT2D eigenvalue weighted by Gasteiger charge is 2.33. The van der Waals surface area contributed by atoms with Crippen molar-refractivity contribution >= 4 is 15.9 Å². The van der Waals surface area contributed by atoms with Gasteiger partial charge in [0, 0.05) is 6.54 Å². The second kappa shape index (κ2) is 6.03. The third-order valence-corrected chi connectivity index (χ3v) is 3.34. The molecule has 0 bridgehead atoms. The molecule has 0 aliphatic heterocycles. The van der Waals surface area contributed by atoms with E-state index in [0.717, 1.165) is 6.07 Å². The van der Waals surface area contributed by atoms with Crippen LogP contribution in [-0.4, -0.2) is 0 Å². The molecule has 0 saturated carbocycles. The largest absolute Gasteiger partial charge is 0.456 e. The summed E-state index contributed by atoms with van der Waals surface area (Å²) in [6, 6.07) is 7.09. The van der Waals surface area contributed by atoms with Crippen LogP contribution in [0.5, 0.6) is 11.5 Å². The van der Waals surface area contributed by atoms with Crippen LogP contribution in [0, 0.1) is 5.82 Å². The fourth-order valence-corrected chi connectivity index (χ4v) is 2.20. The van der Waals surface area contributed by atoms with Gasteiger partial charge in [0.15, 0.2) is 0 Å². The number of alkyl halides is 3. The molecule has 0 heterocycles. The molecule has 0 spiro atoms. The molecule has 0 aliphatic rings. The van der Waals surface area contributed by atoms with Gasteiger partial charge >= 0.3 is 6.18 Å². The van der Waals surface area contributed by atoms with Crippen molar-refractivity contribution < 1.29 is 22.3 Å². The first-order valence-electron chi connectivity index (χ1n) is 5.84. The maximum Gasteiger partial charge on any atom is 0.416 e. The molecule has 0 aromatic heterocycles. The van der Waals surface area contributed by atoms with Gasteiger partial charge in [-0.3, -0.25) is 0 Å². The summed E-state index contributed by atoms with van der Waals surface area (Å²) >= 11 is 3.12. The number of rotatable bonds is 3. The molecule has 0 unspecified atom stereocenters. The Kier molecular flexibility index (Phi) is 4.53. The highest BCUT2D eigenvalue weighted by molar-refractivity contribution is 9.10. The van der Waals surface area contributed by atoms with E-state index >= 15 is 0 Å². The zero-order valence-electron chi connectivity index (χ0n) is 10.5. The molecule has 0 radical (unpaired) electrons. The van der Waals surface area contributed by atoms with Crippen molar-refractivity contribution in [3.63, 3.8) is 0 Å². The second-order valence-electron chi connectivity index (χ2n) is 4.20. The van der Waals surface area contributed by atoms with Gasteiger partial charge in [0.25, 0.3) is 0 Å². The van der Waals surface area contributed by atoms with Gasteiger partial charge in [-0.25, -0.2) is 4.39 Å². The molecule has 2 N–H and O–H groups in total. The number of hydrogen-bond acceptors (Lipinski definition) is 2. The Balaban J connectivity index is 2.33. The van der Waals surface area contributed by atoms with Gasteiger partial charge in [-0.05, 0) is 57.9 Å². The fourth-order valence-electron chi connectivity index (χ4n) is 1.76. The van der Waals surface area contributed by atoms with Gasteiger partial charge in [0.2, 0.25) is 0 Å². The van der Waals surface area contributed by atoms with Crippen LogP contribution < -0.4 is 10.5 Å². The summed E-state index contributed by atoms with van der Waals surface area (Å²) in [5, 5.41) is 0. The summed E-state index contributed by atoms with van der Waals surface area (Å²) in [5.41, 5.74) is 4.48. The van der Waals surface area contributed by atoms with E-state index in [1.54, 1.807) is 0 Å². The van der Waals surface area contributed by atoms with Gasteiger partial charge in [0.1, 0.15) is 17.3 Å². The van der Waals surface area contributed by atoms with Crippen LogP contribution in [0.1, 0.15) is 11.1 Å². The van der Waals surface area contributed by atoms with E-state index in [1.165, 1.54) is 30.3 Å². The lowest BCUT2D eigenvalue weighted by Crippen LogP contribution is -2.11.